The topological polar surface area (TPSA) is 144 Å². The Morgan fingerprint density at radius 1 is 1.00 bits per heavy atom. The summed E-state index contributed by atoms with van der Waals surface area (Å²) >= 11 is 3.06. The molecule has 0 bridgehead atoms. The second-order valence-electron chi connectivity index (χ2n) is 5.33. The molecule has 160 valence electrons. The van der Waals surface area contributed by atoms with E-state index in [4.69, 9.17) is 33.9 Å². The van der Waals surface area contributed by atoms with Crippen LogP contribution in [0.15, 0.2) is 0 Å². The molecule has 1 aliphatic rings. The molecule has 11 nitrogen and oxygen atoms in total. The van der Waals surface area contributed by atoms with Crippen LogP contribution in [0.4, 0.5) is 0 Å². The Morgan fingerprint density at radius 3 is 2.14 bits per heavy atom. The van der Waals surface area contributed by atoms with E-state index in [0.29, 0.717) is 0 Å². The van der Waals surface area contributed by atoms with E-state index in [-0.39, 0.29) is 11.9 Å². The molecule has 0 aliphatic carbocycles. The van der Waals surface area contributed by atoms with Crippen LogP contribution in [-0.4, -0.2) is 77.9 Å². The number of hydrogen-bond donors (Lipinski definition) is 1. The van der Waals surface area contributed by atoms with Crippen molar-refractivity contribution in [2.45, 2.75) is 58.0 Å². The minimum atomic E-state index is -2.81. The Balaban J connectivity index is 3.46. The number of hydrogen-bond acceptors (Lipinski definition) is 11. The summed E-state index contributed by atoms with van der Waals surface area (Å²) in [5.41, 5.74) is 0. The van der Waals surface area contributed by atoms with Crippen molar-refractivity contribution in [2.24, 2.45) is 0 Å². The third-order valence-corrected chi connectivity index (χ3v) is 3.58. The fourth-order valence-electron chi connectivity index (χ4n) is 2.41. The van der Waals surface area contributed by atoms with E-state index >= 15 is 0 Å². The van der Waals surface area contributed by atoms with Gasteiger partial charge in [0.25, 0.3) is 0 Å². The predicted molar refractivity (Wildman–Crippen MR) is 92.9 cm³/mol. The Morgan fingerprint density at radius 2 is 1.57 bits per heavy atom. The van der Waals surface area contributed by atoms with Crippen molar-refractivity contribution in [3.05, 3.63) is 0 Å². The summed E-state index contributed by atoms with van der Waals surface area (Å²) in [6, 6.07) is 0. The Hall–Kier alpha value is -1.76. The summed E-state index contributed by atoms with van der Waals surface area (Å²) in [4.78, 5) is 46.9. The summed E-state index contributed by atoms with van der Waals surface area (Å²) in [6.45, 7) is -4.34. The van der Waals surface area contributed by atoms with Gasteiger partial charge in [0.05, 0.1) is 6.61 Å². The monoisotopic (exact) mass is 474 g/mol. The summed E-state index contributed by atoms with van der Waals surface area (Å²) in [6.07, 6.45) is -7.05. The van der Waals surface area contributed by atoms with Gasteiger partial charge >= 0.3 is 29.9 Å². The summed E-state index contributed by atoms with van der Waals surface area (Å²) < 4.78 is 59.0. The zero-order valence-electron chi connectivity index (χ0n) is 18.7. The molecule has 0 aromatic heterocycles. The summed E-state index contributed by atoms with van der Waals surface area (Å²) in [7, 11) is 0. The minimum Gasteiger partial charge on any atom is -0.463 e. The lowest BCUT2D eigenvalue weighted by atomic mass is 9.96. The lowest BCUT2D eigenvalue weighted by Crippen LogP contribution is -2.69. The van der Waals surface area contributed by atoms with Crippen molar-refractivity contribution in [3.8, 4) is 0 Å². The SMILES string of the molecule is [2H]CC(=O)OC[C@H]1OC(O)(OCCBr)[C@H](OC(=O)C[2H])[C@@H](OC(=O)C[2H])[C@@H]1OC(=O)C[2H]. The molecule has 0 saturated carbocycles. The van der Waals surface area contributed by atoms with Gasteiger partial charge in [-0.1, -0.05) is 15.9 Å². The number of esters is 4. The predicted octanol–water partition coefficient (Wildman–Crippen LogP) is -0.199. The van der Waals surface area contributed by atoms with Gasteiger partial charge in [-0.2, -0.15) is 0 Å². The van der Waals surface area contributed by atoms with Gasteiger partial charge in [0.2, 0.25) is 6.10 Å². The van der Waals surface area contributed by atoms with Crippen molar-refractivity contribution in [2.75, 3.05) is 18.5 Å². The largest absolute Gasteiger partial charge is 0.463 e. The third-order valence-electron chi connectivity index (χ3n) is 3.26. The van der Waals surface area contributed by atoms with Crippen LogP contribution in [0.2, 0.25) is 0 Å². The highest BCUT2D eigenvalue weighted by Gasteiger charge is 2.60. The highest BCUT2D eigenvalue weighted by molar-refractivity contribution is 9.09. The van der Waals surface area contributed by atoms with Crippen LogP contribution in [-0.2, 0) is 47.6 Å². The summed E-state index contributed by atoms with van der Waals surface area (Å²) in [5.74, 6) is -7.28. The van der Waals surface area contributed by atoms with Crippen LogP contribution < -0.4 is 0 Å². The van der Waals surface area contributed by atoms with E-state index < -0.39 is 88.5 Å². The maximum atomic E-state index is 11.9. The molecule has 0 radical (unpaired) electrons. The number of carbonyl (C=O) groups excluding carboxylic acids is 4. The van der Waals surface area contributed by atoms with Gasteiger partial charge in [-0.05, 0) is 0 Å². The van der Waals surface area contributed by atoms with E-state index in [9.17, 15) is 24.3 Å². The molecule has 1 saturated heterocycles. The molecule has 12 heteroatoms. The number of aliphatic hydroxyl groups is 1. The molecule has 28 heavy (non-hydrogen) atoms. The van der Waals surface area contributed by atoms with E-state index in [1.807, 2.05) is 0 Å². The smallest absolute Gasteiger partial charge is 0.324 e. The molecular formula is C16H23BrO11. The second-order valence-corrected chi connectivity index (χ2v) is 6.12. The molecule has 1 unspecified atom stereocenters. The third kappa shape index (κ3) is 7.00. The van der Waals surface area contributed by atoms with Crippen LogP contribution in [0.25, 0.3) is 0 Å². The standard InChI is InChI=1S/C16H23BrO11/c1-8(18)23-7-12-13(25-9(2)19)14(26-10(3)20)15(27-11(4)21)16(22,28-12)24-6-5-17/h12-15,22H,5-7H2,1-4H3/t12-,13-,14+,15-,16?/m1/s1/i1D,2D,3D,4D. The molecule has 1 heterocycles. The van der Waals surface area contributed by atoms with Gasteiger partial charge in [0, 0.05) is 38.4 Å². The molecular weight excluding hydrogens is 448 g/mol. The quantitative estimate of drug-likeness (QED) is 0.216. The van der Waals surface area contributed by atoms with Gasteiger partial charge in [-0.25, -0.2) is 0 Å². The zero-order chi connectivity index (χ0) is 24.3. The zero-order valence-corrected chi connectivity index (χ0v) is 16.3. The molecule has 0 amide bonds. The molecule has 0 spiro atoms. The van der Waals surface area contributed by atoms with Crippen LogP contribution >= 0.6 is 15.9 Å². The molecule has 1 rings (SSSR count). The van der Waals surface area contributed by atoms with E-state index in [1.54, 1.807) is 0 Å². The van der Waals surface area contributed by atoms with Crippen molar-refractivity contribution < 1.29 is 58.2 Å². The maximum Gasteiger partial charge on any atom is 0.324 e. The molecule has 5 atom stereocenters. The van der Waals surface area contributed by atoms with Crippen molar-refractivity contribution >= 4 is 39.8 Å². The first-order valence-electron chi connectivity index (χ1n) is 10.5. The van der Waals surface area contributed by atoms with Gasteiger partial charge in [0.15, 0.2) is 12.2 Å². The normalized spacial score (nSPS) is 31.4. The van der Waals surface area contributed by atoms with Gasteiger partial charge in [-0.3, -0.25) is 19.2 Å². The summed E-state index contributed by atoms with van der Waals surface area (Å²) in [5, 5.41) is 11.1. The lowest BCUT2D eigenvalue weighted by molar-refractivity contribution is -0.446. The second kappa shape index (κ2) is 10.7. The minimum absolute atomic E-state index is 0.171. The van der Waals surface area contributed by atoms with Crippen molar-refractivity contribution in [1.82, 2.24) is 0 Å². The average molecular weight is 475 g/mol. The maximum absolute atomic E-state index is 11.9. The average Bonchev–Trinajstić information content (AvgIpc) is 2.79. The van der Waals surface area contributed by atoms with Crippen molar-refractivity contribution in [3.63, 3.8) is 0 Å². The number of alkyl halides is 1. The van der Waals surface area contributed by atoms with Crippen LogP contribution in [0.5, 0.6) is 0 Å². The molecule has 0 aromatic carbocycles. The number of ether oxygens (including phenoxy) is 6. The Bertz CT molecular complexity index is 670. The van der Waals surface area contributed by atoms with E-state index in [1.165, 1.54) is 0 Å². The van der Waals surface area contributed by atoms with E-state index in [2.05, 4.69) is 15.9 Å². The number of carbonyl (C=O) groups is 4. The fourth-order valence-corrected chi connectivity index (χ4v) is 2.57. The fraction of sp³-hybridized carbons (Fsp3) is 0.750. The molecule has 0 aromatic rings. The Kier molecular flexibility index (Phi) is 6.98. The number of halogens is 1. The number of rotatable bonds is 8. The first kappa shape index (κ1) is 18.3. The lowest BCUT2D eigenvalue weighted by Gasteiger charge is -2.47. The van der Waals surface area contributed by atoms with Gasteiger partial charge in [-0.15, -0.1) is 0 Å². The first-order valence-corrected chi connectivity index (χ1v) is 8.78. The molecule has 1 aliphatic heterocycles. The highest BCUT2D eigenvalue weighted by Crippen LogP contribution is 2.35. The highest BCUT2D eigenvalue weighted by atomic mass is 79.9. The van der Waals surface area contributed by atoms with Crippen LogP contribution in [0.3, 0.4) is 0 Å². The van der Waals surface area contributed by atoms with Crippen molar-refractivity contribution in [1.29, 1.82) is 0 Å². The van der Waals surface area contributed by atoms with Crippen LogP contribution in [0.1, 0.15) is 33.1 Å². The molecule has 1 N–H and O–H groups in total. The van der Waals surface area contributed by atoms with E-state index in [0.717, 1.165) is 0 Å². The van der Waals surface area contributed by atoms with Crippen LogP contribution in [0, 0.1) is 0 Å². The van der Waals surface area contributed by atoms with Gasteiger partial charge < -0.3 is 33.5 Å². The first-order chi connectivity index (χ1) is 15.1. The Labute approximate surface area is 175 Å². The van der Waals surface area contributed by atoms with Gasteiger partial charge in [0.1, 0.15) is 12.7 Å². The molecule has 1 fully saturated rings.